The highest BCUT2D eigenvalue weighted by Crippen LogP contribution is 2.17. The van der Waals surface area contributed by atoms with Gasteiger partial charge in [-0.25, -0.2) is 0 Å². The van der Waals surface area contributed by atoms with E-state index in [0.29, 0.717) is 19.3 Å². The highest BCUT2D eigenvalue weighted by molar-refractivity contribution is 5.71. The fourth-order valence-electron chi connectivity index (χ4n) is 7.12. The SMILES string of the molecule is CCCCCCCCCCCCCCCC(=O)O[C@H](COC(=O)CCCCCCC)COC(=O)CCCCCCCCCCCCCCCCC(C)CC. The van der Waals surface area contributed by atoms with Crippen LogP contribution in [0, 0.1) is 5.92 Å². The first-order valence-electron chi connectivity index (χ1n) is 23.9. The summed E-state index contributed by atoms with van der Waals surface area (Å²) in [6.45, 7) is 8.97. The third kappa shape index (κ3) is 40.1. The second kappa shape index (κ2) is 42.6. The highest BCUT2D eigenvalue weighted by Gasteiger charge is 2.19. The second-order valence-corrected chi connectivity index (χ2v) is 16.6. The van der Waals surface area contributed by atoms with Gasteiger partial charge in [-0.1, -0.05) is 227 Å². The van der Waals surface area contributed by atoms with Gasteiger partial charge in [0.2, 0.25) is 0 Å². The second-order valence-electron chi connectivity index (χ2n) is 16.6. The van der Waals surface area contributed by atoms with Crippen LogP contribution in [0.5, 0.6) is 0 Å². The van der Waals surface area contributed by atoms with E-state index in [4.69, 9.17) is 14.2 Å². The van der Waals surface area contributed by atoms with Crippen LogP contribution >= 0.6 is 0 Å². The molecule has 0 rings (SSSR count). The molecule has 0 bridgehead atoms. The Morgan fingerprint density at radius 1 is 0.370 bits per heavy atom. The van der Waals surface area contributed by atoms with Crippen LogP contribution in [0.4, 0.5) is 0 Å². The topological polar surface area (TPSA) is 78.9 Å². The van der Waals surface area contributed by atoms with E-state index in [2.05, 4.69) is 27.7 Å². The van der Waals surface area contributed by atoms with E-state index >= 15 is 0 Å². The number of hydrogen-bond acceptors (Lipinski definition) is 6. The van der Waals surface area contributed by atoms with E-state index in [1.165, 1.54) is 154 Å². The number of esters is 3. The molecule has 6 nitrogen and oxygen atoms in total. The molecule has 0 saturated heterocycles. The number of ether oxygens (including phenoxy) is 3. The smallest absolute Gasteiger partial charge is 0.306 e. The summed E-state index contributed by atoms with van der Waals surface area (Å²) in [6, 6.07) is 0. The van der Waals surface area contributed by atoms with Gasteiger partial charge in [0, 0.05) is 19.3 Å². The molecule has 0 aliphatic heterocycles. The monoisotopic (exact) mass is 765 g/mol. The van der Waals surface area contributed by atoms with Gasteiger partial charge >= 0.3 is 17.9 Å². The van der Waals surface area contributed by atoms with E-state index < -0.39 is 6.10 Å². The number of rotatable bonds is 43. The Morgan fingerprint density at radius 2 is 0.648 bits per heavy atom. The Bertz CT molecular complexity index is 813. The molecule has 0 N–H and O–H groups in total. The van der Waals surface area contributed by atoms with Gasteiger partial charge < -0.3 is 14.2 Å². The van der Waals surface area contributed by atoms with Crippen LogP contribution in [0.25, 0.3) is 0 Å². The molecule has 0 aliphatic rings. The van der Waals surface area contributed by atoms with Crippen molar-refractivity contribution in [1.82, 2.24) is 0 Å². The van der Waals surface area contributed by atoms with Crippen molar-refractivity contribution in [3.8, 4) is 0 Å². The summed E-state index contributed by atoms with van der Waals surface area (Å²) in [5, 5.41) is 0. The van der Waals surface area contributed by atoms with Crippen LogP contribution in [-0.2, 0) is 28.6 Å². The van der Waals surface area contributed by atoms with Crippen molar-refractivity contribution in [3.63, 3.8) is 0 Å². The molecule has 6 heteroatoms. The van der Waals surface area contributed by atoms with Gasteiger partial charge in [0.1, 0.15) is 13.2 Å². The third-order valence-corrected chi connectivity index (χ3v) is 11.2. The van der Waals surface area contributed by atoms with Crippen LogP contribution < -0.4 is 0 Å². The lowest BCUT2D eigenvalue weighted by molar-refractivity contribution is -0.167. The van der Waals surface area contributed by atoms with Gasteiger partial charge in [0.25, 0.3) is 0 Å². The zero-order chi connectivity index (χ0) is 39.6. The quantitative estimate of drug-likeness (QED) is 0.0349. The summed E-state index contributed by atoms with van der Waals surface area (Å²) in [5.41, 5.74) is 0. The zero-order valence-corrected chi connectivity index (χ0v) is 36.7. The predicted octanol–water partition coefficient (Wildman–Crippen LogP) is 15.1. The average Bonchev–Trinajstić information content (AvgIpc) is 3.17. The molecule has 0 heterocycles. The Morgan fingerprint density at radius 3 is 0.963 bits per heavy atom. The van der Waals surface area contributed by atoms with Crippen molar-refractivity contribution in [1.29, 1.82) is 0 Å². The average molecular weight is 765 g/mol. The molecule has 0 aromatic carbocycles. The van der Waals surface area contributed by atoms with Crippen LogP contribution in [0.2, 0.25) is 0 Å². The molecule has 0 aromatic heterocycles. The fraction of sp³-hybridized carbons (Fsp3) is 0.938. The first kappa shape index (κ1) is 52.4. The van der Waals surface area contributed by atoms with Gasteiger partial charge in [-0.3, -0.25) is 14.4 Å². The Hall–Kier alpha value is -1.59. The molecular weight excluding hydrogens is 673 g/mol. The minimum atomic E-state index is -0.757. The molecule has 2 atom stereocenters. The van der Waals surface area contributed by atoms with E-state index in [0.717, 1.165) is 70.1 Å². The van der Waals surface area contributed by atoms with E-state index in [1.807, 2.05) is 0 Å². The summed E-state index contributed by atoms with van der Waals surface area (Å²) in [4.78, 5) is 37.5. The van der Waals surface area contributed by atoms with Crippen molar-refractivity contribution in [2.75, 3.05) is 13.2 Å². The molecule has 320 valence electrons. The molecule has 0 fully saturated rings. The van der Waals surface area contributed by atoms with Gasteiger partial charge in [-0.2, -0.15) is 0 Å². The lowest BCUT2D eigenvalue weighted by Gasteiger charge is -2.18. The van der Waals surface area contributed by atoms with Crippen molar-refractivity contribution in [3.05, 3.63) is 0 Å². The van der Waals surface area contributed by atoms with Crippen molar-refractivity contribution < 1.29 is 28.6 Å². The number of carbonyl (C=O) groups excluding carboxylic acids is 3. The first-order chi connectivity index (χ1) is 26.4. The maximum atomic E-state index is 12.7. The minimum Gasteiger partial charge on any atom is -0.462 e. The molecule has 0 aliphatic carbocycles. The Labute approximate surface area is 336 Å². The first-order valence-corrected chi connectivity index (χ1v) is 23.9. The Balaban J connectivity index is 4.13. The van der Waals surface area contributed by atoms with Crippen molar-refractivity contribution in [2.45, 2.75) is 271 Å². The third-order valence-electron chi connectivity index (χ3n) is 11.2. The van der Waals surface area contributed by atoms with E-state index in [1.54, 1.807) is 0 Å². The summed E-state index contributed by atoms with van der Waals surface area (Å²) in [7, 11) is 0. The standard InChI is InChI=1S/C48H92O6/c1-5-8-10-12-13-14-15-18-23-26-29-33-37-41-48(51)54-45(42-52-46(49)39-35-30-11-9-6-2)43-53-47(50)40-36-32-28-25-22-20-17-16-19-21-24-27-31-34-38-44(4)7-3/h44-45H,5-43H2,1-4H3/t44?,45-/m1/s1. The van der Waals surface area contributed by atoms with Crippen LogP contribution in [0.15, 0.2) is 0 Å². The largest absolute Gasteiger partial charge is 0.462 e. The summed E-state index contributed by atoms with van der Waals surface area (Å²) in [5.74, 6) is 0.0313. The van der Waals surface area contributed by atoms with Crippen molar-refractivity contribution in [2.24, 2.45) is 5.92 Å². The molecule has 54 heavy (non-hydrogen) atoms. The zero-order valence-electron chi connectivity index (χ0n) is 36.7. The van der Waals surface area contributed by atoms with Crippen molar-refractivity contribution >= 4 is 17.9 Å². The van der Waals surface area contributed by atoms with Gasteiger partial charge in [-0.15, -0.1) is 0 Å². The Kier molecular flexibility index (Phi) is 41.3. The summed E-state index contributed by atoms with van der Waals surface area (Å²) in [6.07, 6.45) is 42.5. The maximum absolute atomic E-state index is 12.7. The van der Waals surface area contributed by atoms with E-state index in [9.17, 15) is 14.4 Å². The molecular formula is C48H92O6. The number of carbonyl (C=O) groups is 3. The number of unbranched alkanes of at least 4 members (excludes halogenated alkanes) is 29. The molecule has 0 aromatic rings. The molecule has 0 amide bonds. The summed E-state index contributed by atoms with van der Waals surface area (Å²) < 4.78 is 16.6. The van der Waals surface area contributed by atoms with Crippen LogP contribution in [0.3, 0.4) is 0 Å². The summed E-state index contributed by atoms with van der Waals surface area (Å²) >= 11 is 0. The molecule has 0 radical (unpaired) electrons. The lowest BCUT2D eigenvalue weighted by Crippen LogP contribution is -2.30. The lowest BCUT2D eigenvalue weighted by atomic mass is 9.99. The normalized spacial score (nSPS) is 12.4. The van der Waals surface area contributed by atoms with Crippen LogP contribution in [-0.4, -0.2) is 37.2 Å². The molecule has 1 unspecified atom stereocenters. The van der Waals surface area contributed by atoms with Gasteiger partial charge in [0.15, 0.2) is 6.10 Å². The minimum absolute atomic E-state index is 0.0643. The van der Waals surface area contributed by atoms with E-state index in [-0.39, 0.29) is 31.1 Å². The fourth-order valence-corrected chi connectivity index (χ4v) is 7.12. The predicted molar refractivity (Wildman–Crippen MR) is 229 cm³/mol. The molecule has 0 saturated carbocycles. The van der Waals surface area contributed by atoms with Gasteiger partial charge in [-0.05, 0) is 25.2 Å². The van der Waals surface area contributed by atoms with Crippen LogP contribution in [0.1, 0.15) is 265 Å². The number of hydrogen-bond donors (Lipinski definition) is 0. The maximum Gasteiger partial charge on any atom is 0.306 e. The highest BCUT2D eigenvalue weighted by atomic mass is 16.6. The van der Waals surface area contributed by atoms with Gasteiger partial charge in [0.05, 0.1) is 0 Å². The molecule has 0 spiro atoms.